The van der Waals surface area contributed by atoms with E-state index in [4.69, 9.17) is 11.6 Å². The van der Waals surface area contributed by atoms with Gasteiger partial charge in [0.25, 0.3) is 0 Å². The Bertz CT molecular complexity index is 947. The van der Waals surface area contributed by atoms with Gasteiger partial charge in [-0.3, -0.25) is 9.52 Å². The summed E-state index contributed by atoms with van der Waals surface area (Å²) in [5, 5.41) is 3.42. The maximum Gasteiger partial charge on any atom is 0.229 e. The molecule has 0 aromatic heterocycles. The van der Waals surface area contributed by atoms with Crippen molar-refractivity contribution >= 4 is 44.6 Å². The Hall–Kier alpha value is -2.25. The first-order valence-corrected chi connectivity index (χ1v) is 11.0. The third-order valence-electron chi connectivity index (χ3n) is 4.36. The van der Waals surface area contributed by atoms with Crippen LogP contribution in [-0.2, 0) is 21.2 Å². The molecule has 0 fully saturated rings. The van der Waals surface area contributed by atoms with Gasteiger partial charge in [0.1, 0.15) is 0 Å². The number of sulfonamides is 1. The topological polar surface area (TPSA) is 78.5 Å². The van der Waals surface area contributed by atoms with Gasteiger partial charge in [-0.2, -0.15) is 0 Å². The maximum absolute atomic E-state index is 12.3. The molecule has 8 heteroatoms. The summed E-state index contributed by atoms with van der Waals surface area (Å²) in [6.45, 7) is 1.39. The normalized spacial score (nSPS) is 13.8. The third kappa shape index (κ3) is 5.37. The molecule has 6 nitrogen and oxygen atoms in total. The number of nitrogens with one attached hydrogen (secondary N) is 2. The number of anilines is 3. The van der Waals surface area contributed by atoms with Gasteiger partial charge in [-0.05, 0) is 48.7 Å². The quantitative estimate of drug-likeness (QED) is 0.768. The lowest BCUT2D eigenvalue weighted by Crippen LogP contribution is -2.33. The third-order valence-corrected chi connectivity index (χ3v) is 5.19. The van der Waals surface area contributed by atoms with Crippen molar-refractivity contribution in [3.05, 3.63) is 53.1 Å². The first kappa shape index (κ1) is 19.5. The first-order chi connectivity index (χ1) is 12.8. The number of hydrogen-bond acceptors (Lipinski definition) is 4. The lowest BCUT2D eigenvalue weighted by molar-refractivity contribution is -0.116. The van der Waals surface area contributed by atoms with Crippen LogP contribution in [0, 0.1) is 0 Å². The number of fused-ring (bicyclic) bond motifs is 1. The molecule has 144 valence electrons. The fraction of sp³-hybridized carbons (Fsp3) is 0.316. The van der Waals surface area contributed by atoms with Gasteiger partial charge in [0.05, 0.1) is 11.9 Å². The van der Waals surface area contributed by atoms with Crippen LogP contribution in [0.1, 0.15) is 18.4 Å². The lowest BCUT2D eigenvalue weighted by atomic mass is 10.00. The number of nitrogens with zero attached hydrogens (tertiary/aromatic N) is 1. The summed E-state index contributed by atoms with van der Waals surface area (Å²) in [6.07, 6.45) is 3.19. The van der Waals surface area contributed by atoms with Crippen LogP contribution < -0.4 is 14.9 Å². The fourth-order valence-electron chi connectivity index (χ4n) is 3.25. The second kappa shape index (κ2) is 8.19. The largest absolute Gasteiger partial charge is 0.371 e. The zero-order valence-electron chi connectivity index (χ0n) is 15.0. The maximum atomic E-state index is 12.3. The van der Waals surface area contributed by atoms with Crippen LogP contribution in [0.25, 0.3) is 0 Å². The average Bonchev–Trinajstić information content (AvgIpc) is 2.59. The molecule has 1 heterocycles. The van der Waals surface area contributed by atoms with Crippen molar-refractivity contribution in [2.45, 2.75) is 19.3 Å². The van der Waals surface area contributed by atoms with Crippen molar-refractivity contribution in [2.24, 2.45) is 0 Å². The number of benzene rings is 2. The number of halogens is 1. The van der Waals surface area contributed by atoms with Gasteiger partial charge in [-0.15, -0.1) is 0 Å². The highest BCUT2D eigenvalue weighted by atomic mass is 35.5. The van der Waals surface area contributed by atoms with Crippen molar-refractivity contribution in [1.29, 1.82) is 0 Å². The van der Waals surface area contributed by atoms with E-state index < -0.39 is 10.0 Å². The van der Waals surface area contributed by atoms with E-state index in [1.54, 1.807) is 30.3 Å². The Morgan fingerprint density at radius 1 is 1.22 bits per heavy atom. The molecule has 0 saturated carbocycles. The first-order valence-electron chi connectivity index (χ1n) is 8.72. The molecule has 1 aliphatic rings. The minimum Gasteiger partial charge on any atom is -0.371 e. The summed E-state index contributed by atoms with van der Waals surface area (Å²) in [4.78, 5) is 14.4. The highest BCUT2D eigenvalue weighted by molar-refractivity contribution is 7.92. The van der Waals surface area contributed by atoms with Crippen molar-refractivity contribution in [1.82, 2.24) is 0 Å². The minimum atomic E-state index is -3.34. The monoisotopic (exact) mass is 407 g/mol. The van der Waals surface area contributed by atoms with Gasteiger partial charge < -0.3 is 10.2 Å². The summed E-state index contributed by atoms with van der Waals surface area (Å²) < 4.78 is 25.8. The summed E-state index contributed by atoms with van der Waals surface area (Å²) in [6, 6.07) is 12.6. The van der Waals surface area contributed by atoms with E-state index >= 15 is 0 Å². The Labute approximate surface area is 164 Å². The van der Waals surface area contributed by atoms with Crippen LogP contribution in [-0.4, -0.2) is 33.7 Å². The van der Waals surface area contributed by atoms with Gasteiger partial charge in [0, 0.05) is 35.9 Å². The van der Waals surface area contributed by atoms with E-state index in [1.807, 2.05) is 12.1 Å². The second-order valence-electron chi connectivity index (χ2n) is 6.58. The zero-order chi connectivity index (χ0) is 19.4. The molecule has 2 N–H and O–H groups in total. The lowest BCUT2D eigenvalue weighted by Gasteiger charge is -2.32. The number of amides is 1. The van der Waals surface area contributed by atoms with Gasteiger partial charge in [-0.1, -0.05) is 23.7 Å². The number of carbonyl (C=O) groups excluding carboxylic acids is 1. The fourth-order valence-corrected chi connectivity index (χ4v) is 4.04. The van der Waals surface area contributed by atoms with Gasteiger partial charge in [-0.25, -0.2) is 8.42 Å². The van der Waals surface area contributed by atoms with Crippen LogP contribution in [0.4, 0.5) is 17.1 Å². The number of hydrogen-bond donors (Lipinski definition) is 2. The molecule has 0 aliphatic carbocycles. The van der Waals surface area contributed by atoms with Gasteiger partial charge >= 0.3 is 0 Å². The second-order valence-corrected chi connectivity index (χ2v) is 8.76. The van der Waals surface area contributed by atoms with E-state index in [9.17, 15) is 13.2 Å². The average molecular weight is 408 g/mol. The highest BCUT2D eigenvalue weighted by Gasteiger charge is 2.21. The standard InChI is InChI=1S/C19H22ClN3O3S/c1-27(25,26)22-17-8-3-9-18-16(17)7-4-11-23(18)12-10-19(24)21-15-6-2-5-14(20)13-15/h2-3,5-6,8-9,13,22H,4,7,10-12H2,1H3,(H,21,24). The molecular formula is C19H22ClN3O3S. The molecule has 3 rings (SSSR count). The van der Waals surface area contributed by atoms with E-state index in [0.717, 1.165) is 36.9 Å². The Balaban J connectivity index is 1.67. The molecule has 0 spiro atoms. The summed E-state index contributed by atoms with van der Waals surface area (Å²) in [5.74, 6) is -0.0881. The van der Waals surface area contributed by atoms with Gasteiger partial charge in [0.15, 0.2) is 0 Å². The number of rotatable bonds is 6. The molecule has 0 radical (unpaired) electrons. The SMILES string of the molecule is CS(=O)(=O)Nc1cccc2c1CCCN2CCC(=O)Nc1cccc(Cl)c1. The van der Waals surface area contributed by atoms with Crippen LogP contribution in [0.2, 0.25) is 5.02 Å². The Morgan fingerprint density at radius 3 is 2.74 bits per heavy atom. The highest BCUT2D eigenvalue weighted by Crippen LogP contribution is 2.33. The van der Waals surface area contributed by atoms with Crippen LogP contribution >= 0.6 is 11.6 Å². The Kier molecular flexibility index (Phi) is 5.92. The van der Waals surface area contributed by atoms with Crippen molar-refractivity contribution < 1.29 is 13.2 Å². The minimum absolute atomic E-state index is 0.0881. The summed E-state index contributed by atoms with van der Waals surface area (Å²) >= 11 is 5.94. The van der Waals surface area contributed by atoms with Crippen LogP contribution in [0.15, 0.2) is 42.5 Å². The van der Waals surface area contributed by atoms with Crippen LogP contribution in [0.3, 0.4) is 0 Å². The molecule has 0 atom stereocenters. The molecule has 1 amide bonds. The van der Waals surface area contributed by atoms with E-state index in [0.29, 0.717) is 29.4 Å². The predicted molar refractivity (Wildman–Crippen MR) is 110 cm³/mol. The molecule has 2 aromatic rings. The molecule has 0 saturated heterocycles. The molecular weight excluding hydrogens is 386 g/mol. The molecule has 0 unspecified atom stereocenters. The Morgan fingerprint density at radius 2 is 2.00 bits per heavy atom. The van der Waals surface area contributed by atoms with E-state index in [2.05, 4.69) is 14.9 Å². The summed E-state index contributed by atoms with van der Waals surface area (Å²) in [5.41, 5.74) is 3.24. The van der Waals surface area contributed by atoms with E-state index in [1.165, 1.54) is 0 Å². The van der Waals surface area contributed by atoms with E-state index in [-0.39, 0.29) is 5.91 Å². The number of carbonyl (C=O) groups is 1. The zero-order valence-corrected chi connectivity index (χ0v) is 16.6. The molecule has 2 aromatic carbocycles. The van der Waals surface area contributed by atoms with Crippen molar-refractivity contribution in [3.8, 4) is 0 Å². The molecule has 27 heavy (non-hydrogen) atoms. The molecule has 0 bridgehead atoms. The predicted octanol–water partition coefficient (Wildman–Crippen LogP) is 3.49. The summed E-state index contributed by atoms with van der Waals surface area (Å²) in [7, 11) is -3.34. The smallest absolute Gasteiger partial charge is 0.229 e. The van der Waals surface area contributed by atoms with Crippen LogP contribution in [0.5, 0.6) is 0 Å². The molecule has 1 aliphatic heterocycles. The van der Waals surface area contributed by atoms with Crippen molar-refractivity contribution in [3.63, 3.8) is 0 Å². The van der Waals surface area contributed by atoms with Crippen molar-refractivity contribution in [2.75, 3.05) is 34.3 Å². The van der Waals surface area contributed by atoms with Gasteiger partial charge in [0.2, 0.25) is 15.9 Å².